The maximum Gasteiger partial charge on any atom is 0.342 e. The molecule has 2 unspecified atom stereocenters. The predicted octanol–water partition coefficient (Wildman–Crippen LogP) is 3.41. The van der Waals surface area contributed by atoms with Crippen molar-refractivity contribution in [3.8, 4) is 11.1 Å². The van der Waals surface area contributed by atoms with Crippen LogP contribution in [-0.2, 0) is 25.5 Å². The average Bonchev–Trinajstić information content (AvgIpc) is 2.71. The zero-order valence-electron chi connectivity index (χ0n) is 15.7. The van der Waals surface area contributed by atoms with Crippen LogP contribution in [-0.4, -0.2) is 42.3 Å². The number of methoxy groups -OCH3 is 1. The van der Waals surface area contributed by atoms with Crippen LogP contribution >= 0.6 is 11.6 Å². The van der Waals surface area contributed by atoms with E-state index in [0.29, 0.717) is 10.6 Å². The van der Waals surface area contributed by atoms with Crippen molar-refractivity contribution in [3.05, 3.63) is 59.1 Å². The second kappa shape index (κ2) is 10.6. The van der Waals surface area contributed by atoms with Gasteiger partial charge in [0.2, 0.25) is 12.1 Å². The Bertz CT molecular complexity index is 872. The first-order chi connectivity index (χ1) is 13.8. The molecule has 0 aliphatic carbocycles. The second-order valence-electron chi connectivity index (χ2n) is 6.40. The van der Waals surface area contributed by atoms with Crippen LogP contribution in [0.1, 0.15) is 18.4 Å². The Balaban J connectivity index is 2.13. The first-order valence-corrected chi connectivity index (χ1v) is 9.26. The molecule has 0 bridgehead atoms. The Morgan fingerprint density at radius 1 is 1.10 bits per heavy atom. The Kier molecular flexibility index (Phi) is 8.15. The first kappa shape index (κ1) is 22.4. The van der Waals surface area contributed by atoms with Gasteiger partial charge in [0.25, 0.3) is 0 Å². The summed E-state index contributed by atoms with van der Waals surface area (Å²) in [6.07, 6.45) is -2.75. The van der Waals surface area contributed by atoms with Crippen LogP contribution in [0, 0.1) is 0 Å². The second-order valence-corrected chi connectivity index (χ2v) is 6.84. The molecule has 0 radical (unpaired) electrons. The molecule has 0 saturated heterocycles. The molecule has 6 nitrogen and oxygen atoms in total. The molecule has 0 fully saturated rings. The normalized spacial score (nSPS) is 12.7. The van der Waals surface area contributed by atoms with E-state index in [1.54, 1.807) is 18.2 Å². The predicted molar refractivity (Wildman–Crippen MR) is 106 cm³/mol. The van der Waals surface area contributed by atoms with Crippen LogP contribution in [0.15, 0.2) is 48.5 Å². The molecular formula is C21H21ClFNO5. The van der Waals surface area contributed by atoms with E-state index in [9.17, 15) is 18.8 Å². The van der Waals surface area contributed by atoms with Crippen molar-refractivity contribution in [2.24, 2.45) is 0 Å². The number of halogens is 2. The Hall–Kier alpha value is -2.93. The molecule has 8 heteroatoms. The van der Waals surface area contributed by atoms with Gasteiger partial charge in [-0.3, -0.25) is 9.59 Å². The summed E-state index contributed by atoms with van der Waals surface area (Å²) in [5, 5.41) is 11.7. The molecule has 0 heterocycles. The van der Waals surface area contributed by atoms with E-state index < -0.39 is 30.1 Å². The number of carboxylic acid groups (broad SMARTS) is 1. The molecule has 2 aromatic carbocycles. The lowest BCUT2D eigenvalue weighted by Crippen LogP contribution is -2.46. The number of benzene rings is 2. The summed E-state index contributed by atoms with van der Waals surface area (Å²) < 4.78 is 18.9. The van der Waals surface area contributed by atoms with Crippen LogP contribution in [0.2, 0.25) is 5.02 Å². The number of hydrogen-bond acceptors (Lipinski definition) is 4. The van der Waals surface area contributed by atoms with E-state index in [0.717, 1.165) is 18.2 Å². The number of amides is 1. The largest absolute Gasteiger partial charge is 0.481 e. The van der Waals surface area contributed by atoms with Crippen molar-refractivity contribution in [2.45, 2.75) is 31.5 Å². The van der Waals surface area contributed by atoms with Crippen LogP contribution in [0.5, 0.6) is 0 Å². The van der Waals surface area contributed by atoms with Crippen LogP contribution in [0.25, 0.3) is 11.1 Å². The topological polar surface area (TPSA) is 92.7 Å². The maximum absolute atomic E-state index is 14.5. The minimum Gasteiger partial charge on any atom is -0.481 e. The summed E-state index contributed by atoms with van der Waals surface area (Å²) in [5.74, 6) is -2.90. The quantitative estimate of drug-likeness (QED) is 0.605. The lowest BCUT2D eigenvalue weighted by atomic mass is 9.98. The minimum atomic E-state index is -2.08. The van der Waals surface area contributed by atoms with Gasteiger partial charge < -0.3 is 15.2 Å². The molecule has 1 amide bonds. The van der Waals surface area contributed by atoms with Gasteiger partial charge in [0.05, 0.1) is 19.6 Å². The van der Waals surface area contributed by atoms with Crippen LogP contribution in [0.4, 0.5) is 4.39 Å². The molecule has 0 spiro atoms. The minimum absolute atomic E-state index is 0.0326. The number of hydrogen-bond donors (Lipinski definition) is 2. The average molecular weight is 422 g/mol. The van der Waals surface area contributed by atoms with E-state index >= 15 is 0 Å². The molecule has 29 heavy (non-hydrogen) atoms. The van der Waals surface area contributed by atoms with E-state index in [-0.39, 0.29) is 19.3 Å². The molecule has 0 saturated carbocycles. The zero-order valence-corrected chi connectivity index (χ0v) is 16.5. The molecule has 154 valence electrons. The fourth-order valence-corrected chi connectivity index (χ4v) is 2.95. The van der Waals surface area contributed by atoms with Gasteiger partial charge in [-0.25, -0.2) is 9.18 Å². The van der Waals surface area contributed by atoms with Gasteiger partial charge >= 0.3 is 11.9 Å². The first-order valence-electron chi connectivity index (χ1n) is 8.88. The Morgan fingerprint density at radius 2 is 1.79 bits per heavy atom. The molecule has 2 atom stereocenters. The molecule has 0 aliphatic rings. The van der Waals surface area contributed by atoms with Crippen molar-refractivity contribution in [1.29, 1.82) is 0 Å². The molecule has 2 aromatic rings. The van der Waals surface area contributed by atoms with E-state index in [1.807, 2.05) is 30.3 Å². The highest BCUT2D eigenvalue weighted by atomic mass is 35.5. The van der Waals surface area contributed by atoms with E-state index in [2.05, 4.69) is 10.1 Å². The van der Waals surface area contributed by atoms with E-state index in [4.69, 9.17) is 16.7 Å². The number of carboxylic acids is 1. The summed E-state index contributed by atoms with van der Waals surface area (Å²) in [6, 6.07) is 13.3. The Morgan fingerprint density at radius 3 is 2.38 bits per heavy atom. The highest BCUT2D eigenvalue weighted by molar-refractivity contribution is 6.30. The smallest absolute Gasteiger partial charge is 0.342 e. The van der Waals surface area contributed by atoms with Crippen molar-refractivity contribution >= 4 is 29.4 Å². The number of alkyl halides is 1. The third-order valence-corrected chi connectivity index (χ3v) is 4.49. The Labute approximate surface area is 172 Å². The highest BCUT2D eigenvalue weighted by Gasteiger charge is 2.30. The van der Waals surface area contributed by atoms with Gasteiger partial charge in [-0.05, 0) is 35.2 Å². The van der Waals surface area contributed by atoms with Crippen molar-refractivity contribution in [2.75, 3.05) is 7.11 Å². The number of nitrogens with one attached hydrogen (secondary N) is 1. The zero-order chi connectivity index (χ0) is 21.4. The fourth-order valence-electron chi connectivity index (χ4n) is 2.76. The van der Waals surface area contributed by atoms with Crippen molar-refractivity contribution in [1.82, 2.24) is 5.32 Å². The number of aliphatic carboxylic acids is 1. The molecule has 2 rings (SSSR count). The van der Waals surface area contributed by atoms with Crippen molar-refractivity contribution < 1.29 is 28.6 Å². The van der Waals surface area contributed by atoms with Crippen LogP contribution < -0.4 is 5.32 Å². The van der Waals surface area contributed by atoms with Gasteiger partial charge in [-0.1, -0.05) is 48.0 Å². The molecule has 2 N–H and O–H groups in total. The number of esters is 1. The van der Waals surface area contributed by atoms with E-state index in [1.165, 1.54) is 0 Å². The van der Waals surface area contributed by atoms with Gasteiger partial charge in [-0.2, -0.15) is 0 Å². The van der Waals surface area contributed by atoms with Gasteiger partial charge in [0, 0.05) is 11.4 Å². The third kappa shape index (κ3) is 6.87. The standard InChI is InChI=1S/C21H21ClFNO5/c1-29-21(28)20(23)17(24-18(25)9-10-19(26)27)11-13-5-7-14(8-6-13)15-3-2-4-16(22)12-15/h2-8,12,17,20H,9-11H2,1H3,(H,24,25)(H,26,27). The number of ether oxygens (including phenoxy) is 1. The van der Waals surface area contributed by atoms with Gasteiger partial charge in [0.15, 0.2) is 0 Å². The monoisotopic (exact) mass is 421 g/mol. The van der Waals surface area contributed by atoms with Gasteiger partial charge in [0.1, 0.15) is 0 Å². The summed E-state index contributed by atoms with van der Waals surface area (Å²) in [4.78, 5) is 34.1. The molecule has 0 aromatic heterocycles. The summed E-state index contributed by atoms with van der Waals surface area (Å²) in [7, 11) is 1.05. The van der Waals surface area contributed by atoms with Crippen molar-refractivity contribution in [3.63, 3.8) is 0 Å². The third-order valence-electron chi connectivity index (χ3n) is 4.26. The molecule has 0 aliphatic heterocycles. The number of carbonyl (C=O) groups is 3. The number of rotatable bonds is 9. The molecular weight excluding hydrogens is 401 g/mol. The lowest BCUT2D eigenvalue weighted by Gasteiger charge is -2.21. The maximum atomic E-state index is 14.5. The fraction of sp³-hybridized carbons (Fsp3) is 0.286. The summed E-state index contributed by atoms with van der Waals surface area (Å²) in [6.45, 7) is 0. The lowest BCUT2D eigenvalue weighted by molar-refractivity contribution is -0.148. The summed E-state index contributed by atoms with van der Waals surface area (Å²) >= 11 is 6.00. The number of carbonyl (C=O) groups excluding carboxylic acids is 2. The highest BCUT2D eigenvalue weighted by Crippen LogP contribution is 2.23. The van der Waals surface area contributed by atoms with Gasteiger partial charge in [-0.15, -0.1) is 0 Å². The summed E-state index contributed by atoms with van der Waals surface area (Å²) in [5.41, 5.74) is 2.51. The van der Waals surface area contributed by atoms with Crippen LogP contribution in [0.3, 0.4) is 0 Å². The SMILES string of the molecule is COC(=O)C(F)C(Cc1ccc(-c2cccc(Cl)c2)cc1)NC(=O)CCC(=O)O.